The topological polar surface area (TPSA) is 53.4 Å². The summed E-state index contributed by atoms with van der Waals surface area (Å²) in [5, 5.41) is 5.56. The third kappa shape index (κ3) is 2.41. The van der Waals surface area contributed by atoms with Gasteiger partial charge in [-0.05, 0) is 18.2 Å². The first-order chi connectivity index (χ1) is 10.7. The molecule has 0 bridgehead atoms. The van der Waals surface area contributed by atoms with Gasteiger partial charge in [0, 0.05) is 10.9 Å². The van der Waals surface area contributed by atoms with E-state index < -0.39 is 0 Å². The molecule has 5 nitrogen and oxygen atoms in total. The fourth-order valence-electron chi connectivity index (χ4n) is 2.47. The number of para-hydroxylation sites is 2. The van der Waals surface area contributed by atoms with Gasteiger partial charge in [0.2, 0.25) is 0 Å². The highest BCUT2D eigenvalue weighted by Gasteiger charge is 2.16. The fraction of sp³-hybridized carbons (Fsp3) is 0.176. The normalized spacial score (nSPS) is 10.6. The Labute approximate surface area is 128 Å². The van der Waals surface area contributed by atoms with Crippen molar-refractivity contribution in [3.8, 4) is 17.0 Å². The van der Waals surface area contributed by atoms with E-state index in [-0.39, 0.29) is 12.5 Å². The summed E-state index contributed by atoms with van der Waals surface area (Å²) >= 11 is 0. The molecular formula is C17H16N2O3. The number of carbonyl (C=O) groups is 1. The SMILES string of the molecule is COC(=O)Cn1nc(-c2ccccc2OC)c2ccccc21. The first kappa shape index (κ1) is 14.1. The minimum Gasteiger partial charge on any atom is -0.496 e. The number of methoxy groups -OCH3 is 2. The number of hydrogen-bond acceptors (Lipinski definition) is 4. The van der Waals surface area contributed by atoms with Gasteiger partial charge in [-0.2, -0.15) is 5.10 Å². The fourth-order valence-corrected chi connectivity index (χ4v) is 2.47. The van der Waals surface area contributed by atoms with Gasteiger partial charge in [-0.15, -0.1) is 0 Å². The third-order valence-corrected chi connectivity index (χ3v) is 3.53. The molecule has 0 atom stereocenters. The maximum Gasteiger partial charge on any atom is 0.327 e. The van der Waals surface area contributed by atoms with Crippen LogP contribution in [0.4, 0.5) is 0 Å². The van der Waals surface area contributed by atoms with Crippen LogP contribution in [-0.2, 0) is 16.1 Å². The number of nitrogens with zero attached hydrogens (tertiary/aromatic N) is 2. The molecule has 0 aliphatic rings. The van der Waals surface area contributed by atoms with E-state index >= 15 is 0 Å². The van der Waals surface area contributed by atoms with E-state index in [1.165, 1.54) is 7.11 Å². The maximum atomic E-state index is 11.6. The summed E-state index contributed by atoms with van der Waals surface area (Å²) in [4.78, 5) is 11.6. The summed E-state index contributed by atoms with van der Waals surface area (Å²) in [5.74, 6) is 0.413. The lowest BCUT2D eigenvalue weighted by atomic mass is 10.1. The highest BCUT2D eigenvalue weighted by atomic mass is 16.5. The van der Waals surface area contributed by atoms with Crippen molar-refractivity contribution in [1.29, 1.82) is 0 Å². The van der Waals surface area contributed by atoms with Crippen LogP contribution in [0, 0.1) is 0 Å². The van der Waals surface area contributed by atoms with Crippen LogP contribution in [0.3, 0.4) is 0 Å². The predicted molar refractivity (Wildman–Crippen MR) is 83.7 cm³/mol. The van der Waals surface area contributed by atoms with E-state index in [9.17, 15) is 4.79 Å². The number of aromatic nitrogens is 2. The molecule has 0 N–H and O–H groups in total. The van der Waals surface area contributed by atoms with Crippen molar-refractivity contribution in [2.24, 2.45) is 0 Å². The Bertz CT molecular complexity index is 824. The number of rotatable bonds is 4. The van der Waals surface area contributed by atoms with Gasteiger partial charge in [-0.25, -0.2) is 0 Å². The van der Waals surface area contributed by atoms with E-state index in [1.807, 2.05) is 48.5 Å². The average molecular weight is 296 g/mol. The second-order valence-electron chi connectivity index (χ2n) is 4.80. The molecule has 0 aliphatic carbocycles. The standard InChI is InChI=1S/C17H16N2O3/c1-21-15-10-6-4-8-13(15)17-12-7-3-5-9-14(12)19(18-17)11-16(20)22-2/h3-10H,11H2,1-2H3. The van der Waals surface area contributed by atoms with Crippen molar-refractivity contribution in [3.63, 3.8) is 0 Å². The van der Waals surface area contributed by atoms with Crippen molar-refractivity contribution in [1.82, 2.24) is 9.78 Å². The second kappa shape index (κ2) is 5.89. The van der Waals surface area contributed by atoms with Crippen LogP contribution in [0.2, 0.25) is 0 Å². The van der Waals surface area contributed by atoms with Crippen molar-refractivity contribution in [2.45, 2.75) is 6.54 Å². The Hall–Kier alpha value is -2.82. The third-order valence-electron chi connectivity index (χ3n) is 3.53. The molecule has 0 unspecified atom stereocenters. The van der Waals surface area contributed by atoms with Crippen molar-refractivity contribution in [3.05, 3.63) is 48.5 Å². The average Bonchev–Trinajstić information content (AvgIpc) is 2.93. The summed E-state index contributed by atoms with van der Waals surface area (Å²) < 4.78 is 11.8. The zero-order valence-electron chi connectivity index (χ0n) is 12.4. The summed E-state index contributed by atoms with van der Waals surface area (Å²) in [5.41, 5.74) is 2.57. The van der Waals surface area contributed by atoms with E-state index in [4.69, 9.17) is 9.47 Å². The van der Waals surface area contributed by atoms with Crippen molar-refractivity contribution >= 4 is 16.9 Å². The van der Waals surface area contributed by atoms with Crippen LogP contribution >= 0.6 is 0 Å². The molecule has 1 heterocycles. The lowest BCUT2D eigenvalue weighted by molar-refractivity contribution is -0.141. The molecule has 22 heavy (non-hydrogen) atoms. The molecule has 0 aliphatic heterocycles. The molecule has 0 saturated carbocycles. The van der Waals surface area contributed by atoms with Gasteiger partial charge >= 0.3 is 5.97 Å². The minimum atomic E-state index is -0.333. The van der Waals surface area contributed by atoms with Gasteiger partial charge < -0.3 is 9.47 Å². The molecule has 0 fully saturated rings. The van der Waals surface area contributed by atoms with Crippen LogP contribution in [0.15, 0.2) is 48.5 Å². The Morgan fingerprint density at radius 3 is 2.59 bits per heavy atom. The van der Waals surface area contributed by atoms with Crippen LogP contribution in [0.5, 0.6) is 5.75 Å². The van der Waals surface area contributed by atoms with Gasteiger partial charge in [0.15, 0.2) is 0 Å². The van der Waals surface area contributed by atoms with Crippen LogP contribution in [0.25, 0.3) is 22.2 Å². The van der Waals surface area contributed by atoms with Crippen LogP contribution < -0.4 is 4.74 Å². The Morgan fingerprint density at radius 2 is 1.82 bits per heavy atom. The molecule has 0 saturated heterocycles. The van der Waals surface area contributed by atoms with Crippen molar-refractivity contribution < 1.29 is 14.3 Å². The lowest BCUT2D eigenvalue weighted by Crippen LogP contribution is -2.12. The minimum absolute atomic E-state index is 0.0756. The van der Waals surface area contributed by atoms with E-state index in [0.29, 0.717) is 0 Å². The highest BCUT2D eigenvalue weighted by molar-refractivity contribution is 5.95. The molecule has 0 radical (unpaired) electrons. The van der Waals surface area contributed by atoms with E-state index in [1.54, 1.807) is 11.8 Å². The first-order valence-corrected chi connectivity index (χ1v) is 6.90. The molecular weight excluding hydrogens is 280 g/mol. The van der Waals surface area contributed by atoms with Gasteiger partial charge in [0.1, 0.15) is 18.0 Å². The summed E-state index contributed by atoms with van der Waals surface area (Å²) in [6.07, 6.45) is 0. The number of carbonyl (C=O) groups excluding carboxylic acids is 1. The smallest absolute Gasteiger partial charge is 0.327 e. The number of hydrogen-bond donors (Lipinski definition) is 0. The Morgan fingerprint density at radius 1 is 1.09 bits per heavy atom. The zero-order valence-corrected chi connectivity index (χ0v) is 12.4. The molecule has 0 amide bonds. The largest absolute Gasteiger partial charge is 0.496 e. The van der Waals surface area contributed by atoms with Crippen LogP contribution in [-0.4, -0.2) is 30.0 Å². The highest BCUT2D eigenvalue weighted by Crippen LogP contribution is 2.33. The van der Waals surface area contributed by atoms with Gasteiger partial charge in [0.25, 0.3) is 0 Å². The zero-order chi connectivity index (χ0) is 15.5. The van der Waals surface area contributed by atoms with Gasteiger partial charge in [-0.3, -0.25) is 9.48 Å². The summed E-state index contributed by atoms with van der Waals surface area (Å²) in [7, 11) is 3.00. The molecule has 5 heteroatoms. The molecule has 0 spiro atoms. The molecule has 3 rings (SSSR count). The molecule has 112 valence electrons. The number of ether oxygens (including phenoxy) is 2. The number of benzene rings is 2. The Kier molecular flexibility index (Phi) is 3.78. The van der Waals surface area contributed by atoms with Gasteiger partial charge in [0.05, 0.1) is 19.7 Å². The quantitative estimate of drug-likeness (QED) is 0.695. The predicted octanol–water partition coefficient (Wildman–Crippen LogP) is 2.88. The maximum absolute atomic E-state index is 11.6. The molecule has 3 aromatic rings. The number of fused-ring (bicyclic) bond motifs is 1. The van der Waals surface area contributed by atoms with E-state index in [2.05, 4.69) is 5.10 Å². The number of esters is 1. The second-order valence-corrected chi connectivity index (χ2v) is 4.80. The monoisotopic (exact) mass is 296 g/mol. The lowest BCUT2D eigenvalue weighted by Gasteiger charge is -2.05. The van der Waals surface area contributed by atoms with Gasteiger partial charge in [-0.1, -0.05) is 30.3 Å². The Balaban J connectivity index is 2.20. The molecule has 2 aromatic carbocycles. The van der Waals surface area contributed by atoms with Crippen LogP contribution in [0.1, 0.15) is 0 Å². The molecule has 1 aromatic heterocycles. The van der Waals surface area contributed by atoms with Crippen molar-refractivity contribution in [2.75, 3.05) is 14.2 Å². The van der Waals surface area contributed by atoms with E-state index in [0.717, 1.165) is 27.9 Å². The first-order valence-electron chi connectivity index (χ1n) is 6.90. The summed E-state index contributed by atoms with van der Waals surface area (Å²) in [6.45, 7) is 0.0756. The summed E-state index contributed by atoms with van der Waals surface area (Å²) in [6, 6.07) is 15.5.